The van der Waals surface area contributed by atoms with Crippen LogP contribution in [-0.4, -0.2) is 40.2 Å². The third-order valence-corrected chi connectivity index (χ3v) is 5.35. The van der Waals surface area contributed by atoms with Gasteiger partial charge in [-0.2, -0.15) is 0 Å². The van der Waals surface area contributed by atoms with Crippen molar-refractivity contribution in [1.82, 2.24) is 24.9 Å². The number of nitrogens with one attached hydrogen (secondary N) is 2. The average molecular weight is 377 g/mol. The molecule has 0 saturated heterocycles. The van der Waals surface area contributed by atoms with Gasteiger partial charge >= 0.3 is 0 Å². The summed E-state index contributed by atoms with van der Waals surface area (Å²) in [6.45, 7) is 5.33. The molecule has 0 aliphatic carbocycles. The summed E-state index contributed by atoms with van der Waals surface area (Å²) >= 11 is 0. The standard InChI is InChI=1S/C22H28N6/c1-5-13-27(4)20-10-9-19-25-21(17(6-2)23-3)22(28(19)26-20)16-7-8-18-15(14-16)11-12-24-18/h7-12,14,17,23-24H,5-6,13H2,1-4H3. The third-order valence-electron chi connectivity index (χ3n) is 5.35. The van der Waals surface area contributed by atoms with Crippen molar-refractivity contribution >= 4 is 22.4 Å². The quantitative estimate of drug-likeness (QED) is 0.502. The van der Waals surface area contributed by atoms with Gasteiger partial charge in [0.25, 0.3) is 0 Å². The molecule has 4 aromatic rings. The summed E-state index contributed by atoms with van der Waals surface area (Å²) < 4.78 is 2.00. The lowest BCUT2D eigenvalue weighted by Crippen LogP contribution is -2.20. The lowest BCUT2D eigenvalue weighted by molar-refractivity contribution is 0.566. The molecule has 0 aliphatic heterocycles. The van der Waals surface area contributed by atoms with Crippen LogP contribution in [0.5, 0.6) is 0 Å². The summed E-state index contributed by atoms with van der Waals surface area (Å²) in [4.78, 5) is 10.4. The van der Waals surface area contributed by atoms with E-state index in [0.717, 1.165) is 53.3 Å². The summed E-state index contributed by atoms with van der Waals surface area (Å²) in [6.07, 6.45) is 4.02. The average Bonchev–Trinajstić information content (AvgIpc) is 3.32. The first kappa shape index (κ1) is 18.5. The molecule has 1 unspecified atom stereocenters. The Morgan fingerprint density at radius 1 is 1.18 bits per heavy atom. The van der Waals surface area contributed by atoms with Gasteiger partial charge < -0.3 is 15.2 Å². The number of rotatable bonds is 7. The van der Waals surface area contributed by atoms with E-state index < -0.39 is 0 Å². The van der Waals surface area contributed by atoms with Crippen molar-refractivity contribution in [2.45, 2.75) is 32.7 Å². The Labute approximate surface area is 165 Å². The number of hydrogen-bond donors (Lipinski definition) is 2. The summed E-state index contributed by atoms with van der Waals surface area (Å²) in [6, 6.07) is 12.9. The Morgan fingerprint density at radius 2 is 2.04 bits per heavy atom. The summed E-state index contributed by atoms with van der Waals surface area (Å²) in [5.74, 6) is 0.958. The largest absolute Gasteiger partial charge is 0.361 e. The monoisotopic (exact) mass is 376 g/mol. The van der Waals surface area contributed by atoms with Crippen molar-refractivity contribution in [3.05, 3.63) is 48.3 Å². The Hall–Kier alpha value is -2.86. The van der Waals surface area contributed by atoms with Gasteiger partial charge in [0.15, 0.2) is 5.65 Å². The zero-order chi connectivity index (χ0) is 19.7. The molecule has 0 fully saturated rings. The Bertz CT molecular complexity index is 1090. The van der Waals surface area contributed by atoms with Crippen LogP contribution in [0.3, 0.4) is 0 Å². The molecule has 0 bridgehead atoms. The van der Waals surface area contributed by atoms with E-state index in [0.29, 0.717) is 0 Å². The second-order valence-corrected chi connectivity index (χ2v) is 7.26. The number of nitrogens with zero attached hydrogens (tertiary/aromatic N) is 4. The lowest BCUT2D eigenvalue weighted by Gasteiger charge is -2.17. The third kappa shape index (κ3) is 3.14. The first-order valence-corrected chi connectivity index (χ1v) is 10.0. The van der Waals surface area contributed by atoms with Crippen molar-refractivity contribution < 1.29 is 0 Å². The molecule has 0 spiro atoms. The topological polar surface area (TPSA) is 61.2 Å². The predicted octanol–water partition coefficient (Wildman–Crippen LogP) is 4.39. The van der Waals surface area contributed by atoms with Gasteiger partial charge in [0.05, 0.1) is 17.4 Å². The van der Waals surface area contributed by atoms with Crippen molar-refractivity contribution in [3.8, 4) is 11.3 Å². The number of fused-ring (bicyclic) bond motifs is 2. The second-order valence-electron chi connectivity index (χ2n) is 7.26. The predicted molar refractivity (Wildman–Crippen MR) is 116 cm³/mol. The van der Waals surface area contributed by atoms with E-state index in [2.05, 4.69) is 72.5 Å². The molecule has 0 radical (unpaired) electrons. The molecular formula is C22H28N6. The Balaban J connectivity index is 1.95. The number of anilines is 1. The van der Waals surface area contributed by atoms with Crippen LogP contribution in [0, 0.1) is 0 Å². The van der Waals surface area contributed by atoms with Crippen LogP contribution in [0.4, 0.5) is 5.82 Å². The van der Waals surface area contributed by atoms with E-state index >= 15 is 0 Å². The maximum Gasteiger partial charge on any atom is 0.154 e. The number of benzene rings is 1. The molecule has 3 aromatic heterocycles. The molecule has 4 rings (SSSR count). The zero-order valence-corrected chi connectivity index (χ0v) is 17.0. The van der Waals surface area contributed by atoms with E-state index in [-0.39, 0.29) is 6.04 Å². The highest BCUT2D eigenvalue weighted by molar-refractivity contribution is 5.85. The summed E-state index contributed by atoms with van der Waals surface area (Å²) in [7, 11) is 4.08. The highest BCUT2D eigenvalue weighted by atomic mass is 15.3. The maximum absolute atomic E-state index is 4.96. The summed E-state index contributed by atoms with van der Waals surface area (Å²) in [5.41, 5.74) is 5.25. The number of aromatic nitrogens is 4. The smallest absolute Gasteiger partial charge is 0.154 e. The number of aromatic amines is 1. The van der Waals surface area contributed by atoms with Crippen LogP contribution in [0.2, 0.25) is 0 Å². The van der Waals surface area contributed by atoms with Gasteiger partial charge in [-0.15, -0.1) is 5.10 Å². The fourth-order valence-corrected chi connectivity index (χ4v) is 3.84. The van der Waals surface area contributed by atoms with Crippen LogP contribution in [0.1, 0.15) is 38.4 Å². The molecule has 6 nitrogen and oxygen atoms in total. The normalized spacial score (nSPS) is 12.7. The maximum atomic E-state index is 4.96. The van der Waals surface area contributed by atoms with Crippen LogP contribution >= 0.6 is 0 Å². The molecule has 0 amide bonds. The molecule has 1 atom stereocenters. The number of H-pyrrole nitrogens is 1. The van der Waals surface area contributed by atoms with Crippen LogP contribution in [-0.2, 0) is 0 Å². The van der Waals surface area contributed by atoms with Gasteiger partial charge in [0, 0.05) is 36.3 Å². The molecule has 1 aromatic carbocycles. The fraction of sp³-hybridized carbons (Fsp3) is 0.364. The molecule has 0 aliphatic rings. The molecule has 0 saturated carbocycles. The highest BCUT2D eigenvalue weighted by Gasteiger charge is 2.22. The number of imidazole rings is 1. The lowest BCUT2D eigenvalue weighted by atomic mass is 10.0. The minimum absolute atomic E-state index is 0.176. The van der Waals surface area contributed by atoms with Gasteiger partial charge in [-0.25, -0.2) is 9.50 Å². The van der Waals surface area contributed by atoms with Gasteiger partial charge in [-0.1, -0.05) is 19.9 Å². The first-order chi connectivity index (χ1) is 13.7. The van der Waals surface area contributed by atoms with E-state index in [1.165, 1.54) is 5.39 Å². The fourth-order valence-electron chi connectivity index (χ4n) is 3.84. The van der Waals surface area contributed by atoms with Gasteiger partial charge in [-0.3, -0.25) is 0 Å². The van der Waals surface area contributed by atoms with Crippen molar-refractivity contribution in [2.75, 3.05) is 25.5 Å². The molecule has 6 heteroatoms. The van der Waals surface area contributed by atoms with E-state index in [4.69, 9.17) is 10.1 Å². The van der Waals surface area contributed by atoms with Crippen molar-refractivity contribution in [2.24, 2.45) is 0 Å². The first-order valence-electron chi connectivity index (χ1n) is 10.0. The van der Waals surface area contributed by atoms with E-state index in [9.17, 15) is 0 Å². The van der Waals surface area contributed by atoms with Crippen LogP contribution in [0.15, 0.2) is 42.6 Å². The second kappa shape index (κ2) is 7.64. The van der Waals surface area contributed by atoms with E-state index in [1.807, 2.05) is 17.8 Å². The number of hydrogen-bond acceptors (Lipinski definition) is 4. The molecule has 2 N–H and O–H groups in total. The Kier molecular flexibility index (Phi) is 5.05. The Morgan fingerprint density at radius 3 is 2.79 bits per heavy atom. The molecule has 28 heavy (non-hydrogen) atoms. The van der Waals surface area contributed by atoms with Gasteiger partial charge in [0.2, 0.25) is 0 Å². The van der Waals surface area contributed by atoms with E-state index in [1.54, 1.807) is 0 Å². The van der Waals surface area contributed by atoms with Crippen molar-refractivity contribution in [3.63, 3.8) is 0 Å². The minimum atomic E-state index is 0.176. The van der Waals surface area contributed by atoms with Crippen molar-refractivity contribution in [1.29, 1.82) is 0 Å². The minimum Gasteiger partial charge on any atom is -0.361 e. The van der Waals surface area contributed by atoms with Gasteiger partial charge in [-0.05, 0) is 50.2 Å². The van der Waals surface area contributed by atoms with Crippen LogP contribution < -0.4 is 10.2 Å². The summed E-state index contributed by atoms with van der Waals surface area (Å²) in [5, 5.41) is 9.55. The molecule has 146 valence electrons. The molecular weight excluding hydrogens is 348 g/mol. The van der Waals surface area contributed by atoms with Gasteiger partial charge in [0.1, 0.15) is 5.82 Å². The highest BCUT2D eigenvalue weighted by Crippen LogP contribution is 2.32. The zero-order valence-electron chi connectivity index (χ0n) is 17.0. The SMILES string of the molecule is CCCN(C)c1ccc2nc(C(CC)NC)c(-c3ccc4[nH]ccc4c3)n2n1. The molecule has 3 heterocycles. The van der Waals surface area contributed by atoms with Crippen LogP contribution in [0.25, 0.3) is 27.8 Å².